The maximum absolute atomic E-state index is 11.3. The topological polar surface area (TPSA) is 56.1 Å². The molecule has 1 atom stereocenters. The Balaban J connectivity index is 1.96. The number of rotatable bonds is 4. The van der Waals surface area contributed by atoms with E-state index in [4.69, 9.17) is 0 Å². The quantitative estimate of drug-likeness (QED) is 0.749. The highest BCUT2D eigenvalue weighted by molar-refractivity contribution is 7.85. The van der Waals surface area contributed by atoms with Crippen LogP contribution in [-0.2, 0) is 10.8 Å². The second kappa shape index (κ2) is 4.82. The number of nitrogens with zero attached hydrogens (tertiary/aromatic N) is 2. The third kappa shape index (κ3) is 2.45. The van der Waals surface area contributed by atoms with E-state index in [2.05, 4.69) is 16.3 Å². The van der Waals surface area contributed by atoms with E-state index in [1.165, 1.54) is 0 Å². The zero-order valence-corrected chi connectivity index (χ0v) is 10.6. The molecule has 4 nitrogen and oxygen atoms in total. The van der Waals surface area contributed by atoms with Crippen molar-refractivity contribution in [2.24, 2.45) is 5.92 Å². The van der Waals surface area contributed by atoms with Crippen molar-refractivity contribution < 1.29 is 4.21 Å². The van der Waals surface area contributed by atoms with Gasteiger partial charge in [-0.1, -0.05) is 0 Å². The minimum atomic E-state index is -0.633. The van der Waals surface area contributed by atoms with Crippen LogP contribution >= 0.6 is 0 Å². The minimum Gasteiger partial charge on any atom is -0.301 e. The molecule has 0 aromatic carbocycles. The Labute approximate surface area is 99.5 Å². The van der Waals surface area contributed by atoms with Crippen LogP contribution in [0, 0.1) is 17.2 Å². The van der Waals surface area contributed by atoms with Gasteiger partial charge in [-0.15, -0.1) is 0 Å². The lowest BCUT2D eigenvalue weighted by atomic mass is 9.94. The molecule has 2 fully saturated rings. The summed E-state index contributed by atoms with van der Waals surface area (Å²) in [6.07, 6.45) is 2.32. The zero-order valence-electron chi connectivity index (χ0n) is 9.74. The van der Waals surface area contributed by atoms with Gasteiger partial charge < -0.3 is 5.32 Å². The molecule has 2 aliphatic rings. The van der Waals surface area contributed by atoms with E-state index in [-0.39, 0.29) is 5.54 Å². The highest BCUT2D eigenvalue weighted by Gasteiger charge is 2.45. The minimum absolute atomic E-state index is 0.376. The van der Waals surface area contributed by atoms with Gasteiger partial charge in [-0.05, 0) is 25.8 Å². The van der Waals surface area contributed by atoms with Gasteiger partial charge in [0.15, 0.2) is 0 Å². The second-order valence-corrected chi connectivity index (χ2v) is 6.43. The molecule has 0 bridgehead atoms. The highest BCUT2D eigenvalue weighted by atomic mass is 32.2. The van der Waals surface area contributed by atoms with E-state index in [1.54, 1.807) is 0 Å². The molecule has 90 valence electrons. The fourth-order valence-electron chi connectivity index (χ4n) is 2.36. The summed E-state index contributed by atoms with van der Waals surface area (Å²) in [4.78, 5) is 2.28. The molecule has 1 heterocycles. The molecular formula is C11H19N3OS. The van der Waals surface area contributed by atoms with Gasteiger partial charge in [-0.2, -0.15) is 5.26 Å². The first-order valence-electron chi connectivity index (χ1n) is 5.88. The summed E-state index contributed by atoms with van der Waals surface area (Å²) in [5.74, 6) is 2.03. The maximum Gasteiger partial charge on any atom is 0.122 e. The lowest BCUT2D eigenvalue weighted by molar-refractivity contribution is 0.216. The van der Waals surface area contributed by atoms with Crippen molar-refractivity contribution in [3.05, 3.63) is 0 Å². The van der Waals surface area contributed by atoms with Crippen LogP contribution < -0.4 is 5.32 Å². The fourth-order valence-corrected chi connectivity index (χ4v) is 3.49. The Morgan fingerprint density at radius 2 is 2.12 bits per heavy atom. The average Bonchev–Trinajstić information content (AvgIpc) is 3.13. The van der Waals surface area contributed by atoms with Crippen LogP contribution in [0.3, 0.4) is 0 Å². The van der Waals surface area contributed by atoms with Gasteiger partial charge in [-0.25, -0.2) is 0 Å². The molecule has 0 aromatic heterocycles. The van der Waals surface area contributed by atoms with Gasteiger partial charge in [0.1, 0.15) is 5.54 Å². The molecule has 0 amide bonds. The van der Waals surface area contributed by atoms with Crippen LogP contribution in [0.2, 0.25) is 0 Å². The summed E-state index contributed by atoms with van der Waals surface area (Å²) < 4.78 is 11.3. The molecule has 16 heavy (non-hydrogen) atoms. The Morgan fingerprint density at radius 1 is 1.50 bits per heavy atom. The number of hydrogen-bond donors (Lipinski definition) is 1. The molecule has 0 radical (unpaired) electrons. The summed E-state index contributed by atoms with van der Waals surface area (Å²) >= 11 is 0. The maximum atomic E-state index is 11.3. The molecule has 1 unspecified atom stereocenters. The molecule has 1 saturated carbocycles. The van der Waals surface area contributed by atoms with Gasteiger partial charge in [-0.3, -0.25) is 9.11 Å². The van der Waals surface area contributed by atoms with Crippen LogP contribution in [0.25, 0.3) is 0 Å². The molecule has 1 N–H and O–H groups in total. The van der Waals surface area contributed by atoms with Crippen LogP contribution in [-0.4, -0.2) is 52.8 Å². The van der Waals surface area contributed by atoms with Crippen molar-refractivity contribution in [3.8, 4) is 6.07 Å². The highest BCUT2D eigenvalue weighted by Crippen LogP contribution is 2.39. The molecular weight excluding hydrogens is 222 g/mol. The number of nitrogens with one attached hydrogen (secondary N) is 1. The first-order chi connectivity index (χ1) is 7.70. The van der Waals surface area contributed by atoms with E-state index in [0.717, 1.165) is 44.0 Å². The lowest BCUT2D eigenvalue weighted by Crippen LogP contribution is -2.55. The van der Waals surface area contributed by atoms with Gasteiger partial charge >= 0.3 is 0 Å². The second-order valence-electron chi connectivity index (χ2n) is 4.73. The number of hydrogen-bond acceptors (Lipinski definition) is 4. The Bertz CT molecular complexity index is 314. The standard InChI is InChI=1S/C11H19N3OS/c1-13-11(8-12,10-2-3-10)9-14-4-6-16(15)7-5-14/h10,13H,2-7,9H2,1H3. The summed E-state index contributed by atoms with van der Waals surface area (Å²) in [6.45, 7) is 2.51. The number of likely N-dealkylation sites (N-methyl/N-ethyl adjacent to an activating group) is 1. The summed E-state index contributed by atoms with van der Waals surface area (Å²) in [6, 6.07) is 2.46. The summed E-state index contributed by atoms with van der Waals surface area (Å²) in [5, 5.41) is 12.6. The lowest BCUT2D eigenvalue weighted by Gasteiger charge is -2.35. The van der Waals surface area contributed by atoms with Crippen molar-refractivity contribution >= 4 is 10.8 Å². The fraction of sp³-hybridized carbons (Fsp3) is 0.909. The summed E-state index contributed by atoms with van der Waals surface area (Å²) in [5.41, 5.74) is -0.376. The first kappa shape index (κ1) is 12.0. The van der Waals surface area contributed by atoms with Gasteiger partial charge in [0.05, 0.1) is 6.07 Å². The Morgan fingerprint density at radius 3 is 2.56 bits per heavy atom. The van der Waals surface area contributed by atoms with E-state index < -0.39 is 10.8 Å². The van der Waals surface area contributed by atoms with Crippen molar-refractivity contribution in [1.82, 2.24) is 10.2 Å². The van der Waals surface area contributed by atoms with E-state index in [1.807, 2.05) is 7.05 Å². The monoisotopic (exact) mass is 241 g/mol. The Hall–Kier alpha value is -0.440. The SMILES string of the molecule is CNC(C#N)(CN1CCS(=O)CC1)C1CC1. The van der Waals surface area contributed by atoms with Gasteiger partial charge in [0, 0.05) is 41.9 Å². The predicted molar refractivity (Wildman–Crippen MR) is 64.4 cm³/mol. The van der Waals surface area contributed by atoms with Crippen molar-refractivity contribution in [2.75, 3.05) is 38.2 Å². The number of nitriles is 1. The van der Waals surface area contributed by atoms with Gasteiger partial charge in [0.2, 0.25) is 0 Å². The molecule has 1 aliphatic heterocycles. The van der Waals surface area contributed by atoms with E-state index in [9.17, 15) is 9.47 Å². The third-order valence-corrected chi connectivity index (χ3v) is 4.94. The van der Waals surface area contributed by atoms with Crippen LogP contribution in [0.1, 0.15) is 12.8 Å². The van der Waals surface area contributed by atoms with Crippen molar-refractivity contribution in [1.29, 1.82) is 5.26 Å². The van der Waals surface area contributed by atoms with Gasteiger partial charge in [0.25, 0.3) is 0 Å². The molecule has 0 spiro atoms. The Kier molecular flexibility index (Phi) is 3.63. The summed E-state index contributed by atoms with van der Waals surface area (Å²) in [7, 11) is 1.25. The smallest absolute Gasteiger partial charge is 0.122 e. The van der Waals surface area contributed by atoms with E-state index >= 15 is 0 Å². The average molecular weight is 241 g/mol. The van der Waals surface area contributed by atoms with Crippen molar-refractivity contribution in [2.45, 2.75) is 18.4 Å². The molecule has 0 aromatic rings. The van der Waals surface area contributed by atoms with Crippen LogP contribution in [0.15, 0.2) is 0 Å². The molecule has 2 rings (SSSR count). The molecule has 1 aliphatic carbocycles. The largest absolute Gasteiger partial charge is 0.301 e. The normalized spacial score (nSPS) is 27.2. The van der Waals surface area contributed by atoms with Crippen LogP contribution in [0.4, 0.5) is 0 Å². The first-order valence-corrected chi connectivity index (χ1v) is 7.36. The van der Waals surface area contributed by atoms with Crippen LogP contribution in [0.5, 0.6) is 0 Å². The third-order valence-electron chi connectivity index (χ3n) is 3.66. The molecule has 1 saturated heterocycles. The van der Waals surface area contributed by atoms with Crippen molar-refractivity contribution in [3.63, 3.8) is 0 Å². The van der Waals surface area contributed by atoms with E-state index in [0.29, 0.717) is 5.92 Å². The molecule has 5 heteroatoms. The predicted octanol–water partition coefficient (Wildman–Crippen LogP) is -0.0575. The zero-order chi connectivity index (χ0) is 11.6.